The van der Waals surface area contributed by atoms with Gasteiger partial charge >= 0.3 is 0 Å². The highest BCUT2D eigenvalue weighted by Gasteiger charge is 2.37. The molecule has 0 saturated carbocycles. The molecule has 0 atom stereocenters. The lowest BCUT2D eigenvalue weighted by Gasteiger charge is -2.38. The van der Waals surface area contributed by atoms with Gasteiger partial charge in [-0.05, 0) is 73.4 Å². The molecule has 1 N–H and O–H groups in total. The number of rotatable bonds is 6. The average molecular weight is 552 g/mol. The van der Waals surface area contributed by atoms with Gasteiger partial charge in [0.1, 0.15) is 11.6 Å². The zero-order valence-corrected chi connectivity index (χ0v) is 22.5. The summed E-state index contributed by atoms with van der Waals surface area (Å²) >= 11 is 12.8. The minimum absolute atomic E-state index is 0.185. The highest BCUT2D eigenvalue weighted by Crippen LogP contribution is 2.36. The molecule has 0 unspecified atom stereocenters. The van der Waals surface area contributed by atoms with Crippen molar-refractivity contribution in [3.63, 3.8) is 0 Å². The standard InChI is InChI=1S/C30H28Cl2FN3O2/c1-2-5-26-27(29(37)35-18-16-30(38,17-19-35)20-8-12-22(33)13-9-20)34-28(24-6-3-4-7-25(24)32)36(26)23-14-10-21(31)11-15-23/h3-4,6-15,38H,2,5,16-19H2,1H3. The molecular formula is C30H28Cl2FN3O2. The van der Waals surface area contributed by atoms with E-state index in [1.54, 1.807) is 23.1 Å². The normalized spacial score (nSPS) is 15.0. The highest BCUT2D eigenvalue weighted by molar-refractivity contribution is 6.33. The third kappa shape index (κ3) is 5.08. The molecule has 196 valence electrons. The van der Waals surface area contributed by atoms with Crippen LogP contribution in [0.4, 0.5) is 4.39 Å². The number of aromatic nitrogens is 2. The van der Waals surface area contributed by atoms with Crippen LogP contribution in [0.25, 0.3) is 17.1 Å². The summed E-state index contributed by atoms with van der Waals surface area (Å²) in [5.74, 6) is 0.0548. The number of carbonyl (C=O) groups is 1. The molecular weight excluding hydrogens is 524 g/mol. The van der Waals surface area contributed by atoms with Gasteiger partial charge in [0, 0.05) is 29.4 Å². The van der Waals surface area contributed by atoms with Crippen LogP contribution in [-0.4, -0.2) is 38.6 Å². The lowest BCUT2D eigenvalue weighted by molar-refractivity contribution is -0.0213. The van der Waals surface area contributed by atoms with Gasteiger partial charge in [0.2, 0.25) is 0 Å². The molecule has 1 aliphatic rings. The fourth-order valence-corrected chi connectivity index (χ4v) is 5.41. The van der Waals surface area contributed by atoms with E-state index in [9.17, 15) is 14.3 Å². The fourth-order valence-electron chi connectivity index (χ4n) is 5.06. The predicted molar refractivity (Wildman–Crippen MR) is 148 cm³/mol. The number of carbonyl (C=O) groups excluding carboxylic acids is 1. The SMILES string of the molecule is CCCc1c(C(=O)N2CCC(O)(c3ccc(F)cc3)CC2)nc(-c2ccccc2Cl)n1-c1ccc(Cl)cc1. The first-order chi connectivity index (χ1) is 18.3. The van der Waals surface area contributed by atoms with E-state index >= 15 is 0 Å². The van der Waals surface area contributed by atoms with Gasteiger partial charge in [-0.15, -0.1) is 0 Å². The van der Waals surface area contributed by atoms with Crippen LogP contribution in [-0.2, 0) is 12.0 Å². The van der Waals surface area contributed by atoms with Crippen molar-refractivity contribution in [2.45, 2.75) is 38.2 Å². The number of piperidine rings is 1. The number of hydrogen-bond acceptors (Lipinski definition) is 3. The topological polar surface area (TPSA) is 58.4 Å². The molecule has 1 saturated heterocycles. The van der Waals surface area contributed by atoms with Crippen LogP contribution in [0.3, 0.4) is 0 Å². The molecule has 5 rings (SSSR count). The number of amides is 1. The molecule has 1 aromatic heterocycles. The third-order valence-corrected chi connectivity index (χ3v) is 7.70. The average Bonchev–Trinajstić information content (AvgIpc) is 3.29. The van der Waals surface area contributed by atoms with Crippen LogP contribution in [0.5, 0.6) is 0 Å². The fraction of sp³-hybridized carbons (Fsp3) is 0.267. The van der Waals surface area contributed by atoms with E-state index in [-0.39, 0.29) is 11.7 Å². The van der Waals surface area contributed by atoms with Gasteiger partial charge in [-0.2, -0.15) is 0 Å². The Bertz CT molecular complexity index is 1440. The van der Waals surface area contributed by atoms with Gasteiger partial charge < -0.3 is 10.0 Å². The van der Waals surface area contributed by atoms with Crippen molar-refractivity contribution in [1.29, 1.82) is 0 Å². The van der Waals surface area contributed by atoms with E-state index in [2.05, 4.69) is 6.92 Å². The Balaban J connectivity index is 1.53. The van der Waals surface area contributed by atoms with Crippen LogP contribution in [0, 0.1) is 5.82 Å². The molecule has 0 spiro atoms. The maximum atomic E-state index is 13.9. The van der Waals surface area contributed by atoms with E-state index in [1.807, 2.05) is 47.0 Å². The number of nitrogens with zero attached hydrogens (tertiary/aromatic N) is 3. The van der Waals surface area contributed by atoms with Gasteiger partial charge in [0.05, 0.1) is 16.3 Å². The Morgan fingerprint density at radius 1 is 1.00 bits per heavy atom. The first kappa shape index (κ1) is 26.4. The highest BCUT2D eigenvalue weighted by atomic mass is 35.5. The van der Waals surface area contributed by atoms with Crippen molar-refractivity contribution in [3.8, 4) is 17.1 Å². The van der Waals surface area contributed by atoms with Crippen LogP contribution >= 0.6 is 23.2 Å². The van der Waals surface area contributed by atoms with Crippen molar-refractivity contribution in [1.82, 2.24) is 14.5 Å². The van der Waals surface area contributed by atoms with Crippen LogP contribution in [0.1, 0.15) is 47.9 Å². The molecule has 8 heteroatoms. The van der Waals surface area contributed by atoms with Crippen molar-refractivity contribution in [3.05, 3.63) is 106 Å². The molecule has 38 heavy (non-hydrogen) atoms. The Labute approximate surface area is 231 Å². The van der Waals surface area contributed by atoms with Crippen LogP contribution in [0.15, 0.2) is 72.8 Å². The van der Waals surface area contributed by atoms with Crippen molar-refractivity contribution >= 4 is 29.1 Å². The Morgan fingerprint density at radius 2 is 1.66 bits per heavy atom. The first-order valence-electron chi connectivity index (χ1n) is 12.7. The zero-order valence-electron chi connectivity index (χ0n) is 21.0. The Kier molecular flexibility index (Phi) is 7.57. The monoisotopic (exact) mass is 551 g/mol. The molecule has 4 aromatic rings. The summed E-state index contributed by atoms with van der Waals surface area (Å²) in [5.41, 5.74) is 2.29. The first-order valence-corrected chi connectivity index (χ1v) is 13.5. The lowest BCUT2D eigenvalue weighted by Crippen LogP contribution is -2.45. The Morgan fingerprint density at radius 3 is 2.29 bits per heavy atom. The molecule has 1 fully saturated rings. The quantitative estimate of drug-likeness (QED) is 0.279. The van der Waals surface area contributed by atoms with E-state index in [1.165, 1.54) is 12.1 Å². The van der Waals surface area contributed by atoms with E-state index in [0.29, 0.717) is 59.5 Å². The van der Waals surface area contributed by atoms with Gasteiger partial charge in [-0.3, -0.25) is 9.36 Å². The summed E-state index contributed by atoms with van der Waals surface area (Å²) in [6, 6.07) is 20.8. The minimum atomic E-state index is -1.11. The van der Waals surface area contributed by atoms with Gasteiger partial charge in [0.15, 0.2) is 5.69 Å². The summed E-state index contributed by atoms with van der Waals surface area (Å²) in [5, 5.41) is 12.4. The molecule has 0 aliphatic carbocycles. The summed E-state index contributed by atoms with van der Waals surface area (Å²) in [4.78, 5) is 20.5. The number of imidazole rings is 1. The molecule has 1 amide bonds. The molecule has 1 aliphatic heterocycles. The second-order valence-corrected chi connectivity index (χ2v) is 10.4. The van der Waals surface area contributed by atoms with Crippen molar-refractivity contribution in [2.75, 3.05) is 13.1 Å². The number of hydrogen-bond donors (Lipinski definition) is 1. The molecule has 0 bridgehead atoms. The van der Waals surface area contributed by atoms with Crippen LogP contribution < -0.4 is 0 Å². The smallest absolute Gasteiger partial charge is 0.274 e. The van der Waals surface area contributed by atoms with Crippen LogP contribution in [0.2, 0.25) is 10.0 Å². The summed E-state index contributed by atoms with van der Waals surface area (Å²) in [7, 11) is 0. The number of aliphatic hydroxyl groups is 1. The molecule has 3 aromatic carbocycles. The maximum absolute atomic E-state index is 13.9. The Hall–Kier alpha value is -3.19. The predicted octanol–water partition coefficient (Wildman–Crippen LogP) is 7.06. The van der Waals surface area contributed by atoms with E-state index < -0.39 is 5.60 Å². The summed E-state index contributed by atoms with van der Waals surface area (Å²) < 4.78 is 15.4. The largest absolute Gasteiger partial charge is 0.385 e. The van der Waals surface area contributed by atoms with Crippen molar-refractivity contribution < 1.29 is 14.3 Å². The third-order valence-electron chi connectivity index (χ3n) is 7.12. The van der Waals surface area contributed by atoms with Gasteiger partial charge in [-0.25, -0.2) is 9.37 Å². The second-order valence-electron chi connectivity index (χ2n) is 9.60. The number of benzene rings is 3. The number of halogens is 3. The minimum Gasteiger partial charge on any atom is -0.385 e. The van der Waals surface area contributed by atoms with Crippen molar-refractivity contribution in [2.24, 2.45) is 0 Å². The molecule has 0 radical (unpaired) electrons. The summed E-state index contributed by atoms with van der Waals surface area (Å²) in [6.07, 6.45) is 2.14. The molecule has 2 heterocycles. The van der Waals surface area contributed by atoms with E-state index in [4.69, 9.17) is 28.2 Å². The maximum Gasteiger partial charge on any atom is 0.274 e. The molecule has 5 nitrogen and oxygen atoms in total. The number of likely N-dealkylation sites (tertiary alicyclic amines) is 1. The second kappa shape index (κ2) is 10.9. The van der Waals surface area contributed by atoms with Gasteiger partial charge in [-0.1, -0.05) is 60.8 Å². The van der Waals surface area contributed by atoms with Gasteiger partial charge in [0.25, 0.3) is 5.91 Å². The lowest BCUT2D eigenvalue weighted by atomic mass is 9.84. The van der Waals surface area contributed by atoms with E-state index in [0.717, 1.165) is 23.4 Å². The zero-order chi connectivity index (χ0) is 26.9. The summed E-state index contributed by atoms with van der Waals surface area (Å²) in [6.45, 7) is 2.77.